The number of nitrogens with one attached hydrogen (secondary N) is 2. The maximum atomic E-state index is 14.2. The summed E-state index contributed by atoms with van der Waals surface area (Å²) < 4.78 is 30.4. The average molecular weight is 518 g/mol. The van der Waals surface area contributed by atoms with E-state index in [4.69, 9.17) is 11.6 Å². The molecule has 1 aliphatic rings. The van der Waals surface area contributed by atoms with Gasteiger partial charge in [0.05, 0.1) is 10.6 Å². The Labute approximate surface area is 211 Å². The van der Waals surface area contributed by atoms with E-state index in [2.05, 4.69) is 15.7 Å². The molecule has 0 bridgehead atoms. The molecule has 1 aliphatic carbocycles. The number of benzene rings is 1. The van der Waals surface area contributed by atoms with E-state index in [0.29, 0.717) is 38.7 Å². The van der Waals surface area contributed by atoms with E-state index in [-0.39, 0.29) is 18.5 Å². The minimum atomic E-state index is -2.90. The van der Waals surface area contributed by atoms with Crippen LogP contribution in [0, 0.1) is 18.0 Å². The maximum Gasteiger partial charge on any atom is 0.270 e. The van der Waals surface area contributed by atoms with Gasteiger partial charge in [-0.05, 0) is 42.5 Å². The van der Waals surface area contributed by atoms with E-state index >= 15 is 0 Å². The summed E-state index contributed by atoms with van der Waals surface area (Å²) in [6.07, 6.45) is 2.68. The number of aromatic nitrogens is 3. The summed E-state index contributed by atoms with van der Waals surface area (Å²) in [6, 6.07) is 8.47. The fraction of sp³-hybridized carbons (Fsp3) is 0.360. The predicted octanol–water partition coefficient (Wildman–Crippen LogP) is 4.24. The fourth-order valence-corrected chi connectivity index (χ4v) is 4.90. The lowest BCUT2D eigenvalue weighted by atomic mass is 9.81. The van der Waals surface area contributed by atoms with Gasteiger partial charge in [-0.3, -0.25) is 14.3 Å². The van der Waals surface area contributed by atoms with E-state index < -0.39 is 36.1 Å². The van der Waals surface area contributed by atoms with Gasteiger partial charge >= 0.3 is 0 Å². The van der Waals surface area contributed by atoms with Crippen molar-refractivity contribution in [3.63, 3.8) is 0 Å². The molecule has 11 heteroatoms. The van der Waals surface area contributed by atoms with Crippen molar-refractivity contribution in [1.82, 2.24) is 15.1 Å². The highest BCUT2D eigenvalue weighted by Crippen LogP contribution is 2.38. The number of amides is 2. The number of nitrogens with zero attached hydrogens (tertiary/aromatic N) is 3. The minimum absolute atomic E-state index is 0.213. The van der Waals surface area contributed by atoms with Gasteiger partial charge in [0.1, 0.15) is 11.7 Å². The Morgan fingerprint density at radius 3 is 2.61 bits per heavy atom. The lowest BCUT2D eigenvalue weighted by Crippen LogP contribution is -2.51. The van der Waals surface area contributed by atoms with Gasteiger partial charge in [-0.2, -0.15) is 9.83 Å². The molecule has 1 aromatic carbocycles. The topological polar surface area (TPSA) is 103 Å². The molecule has 36 heavy (non-hydrogen) atoms. The number of halogens is 3. The third-order valence-electron chi connectivity index (χ3n) is 6.50. The molecule has 0 spiro atoms. The van der Waals surface area contributed by atoms with Crippen LogP contribution in [0.15, 0.2) is 48.8 Å². The molecular weight excluding hydrogens is 492 g/mol. The van der Waals surface area contributed by atoms with Crippen LogP contribution in [0.2, 0.25) is 5.02 Å². The summed E-state index contributed by atoms with van der Waals surface area (Å²) in [6.45, 7) is 1.65. The molecule has 1 unspecified atom stereocenters. The van der Waals surface area contributed by atoms with Crippen LogP contribution in [0.25, 0.3) is 11.1 Å². The van der Waals surface area contributed by atoms with Crippen molar-refractivity contribution < 1.29 is 23.1 Å². The summed E-state index contributed by atoms with van der Waals surface area (Å²) in [7, 11) is 1.58. The van der Waals surface area contributed by atoms with Crippen LogP contribution < -0.4 is 15.4 Å². The Hall–Kier alpha value is -3.53. The number of hydrogen-bond acceptors (Lipinski definition) is 4. The molecule has 3 aromatic rings. The second-order valence-corrected chi connectivity index (χ2v) is 9.43. The van der Waals surface area contributed by atoms with Crippen LogP contribution in [0.5, 0.6) is 0 Å². The first-order valence-electron chi connectivity index (χ1n) is 11.5. The van der Waals surface area contributed by atoms with E-state index in [1.807, 2.05) is 0 Å². The first-order chi connectivity index (χ1) is 17.1. The molecule has 1 fully saturated rings. The summed E-state index contributed by atoms with van der Waals surface area (Å²) in [5.74, 6) is -4.79. The van der Waals surface area contributed by atoms with E-state index in [1.54, 1.807) is 38.2 Å². The second-order valence-electron chi connectivity index (χ2n) is 9.02. The third-order valence-corrected chi connectivity index (χ3v) is 6.82. The highest BCUT2D eigenvalue weighted by atomic mass is 35.5. The number of hydrogen-bond donors (Lipinski definition) is 2. The van der Waals surface area contributed by atoms with Crippen molar-refractivity contribution in [2.24, 2.45) is 13.0 Å². The molecule has 0 radical (unpaired) electrons. The highest BCUT2D eigenvalue weighted by Gasteiger charge is 2.42. The van der Waals surface area contributed by atoms with Gasteiger partial charge in [-0.1, -0.05) is 23.7 Å². The van der Waals surface area contributed by atoms with E-state index in [0.717, 1.165) is 0 Å². The first kappa shape index (κ1) is 25.6. The number of carbonyl (C=O) groups excluding carboxylic acids is 2. The van der Waals surface area contributed by atoms with E-state index in [9.17, 15) is 23.6 Å². The van der Waals surface area contributed by atoms with Crippen LogP contribution in [0.4, 0.5) is 14.5 Å². The Morgan fingerprint density at radius 2 is 1.97 bits per heavy atom. The molecule has 4 rings (SSSR count). The molecule has 0 saturated heterocycles. The number of alkyl halides is 2. The van der Waals surface area contributed by atoms with Crippen molar-refractivity contribution >= 4 is 29.1 Å². The maximum absolute atomic E-state index is 14.2. The van der Waals surface area contributed by atoms with Gasteiger partial charge in [0.2, 0.25) is 11.8 Å². The van der Waals surface area contributed by atoms with E-state index in [1.165, 1.54) is 29.2 Å². The molecule has 2 amide bonds. The molecular formula is C25H26ClF2N5O3. The predicted molar refractivity (Wildman–Crippen MR) is 131 cm³/mol. The summed E-state index contributed by atoms with van der Waals surface area (Å²) in [5.41, 5.74) is 2.29. The van der Waals surface area contributed by atoms with Gasteiger partial charge in [0.25, 0.3) is 5.91 Å². The van der Waals surface area contributed by atoms with Crippen LogP contribution in [-0.2, 0) is 11.8 Å². The zero-order valence-corrected chi connectivity index (χ0v) is 20.6. The summed E-state index contributed by atoms with van der Waals surface area (Å²) >= 11 is 6.28. The molecule has 2 heterocycles. The number of aryl methyl sites for hydroxylation is 1. The average Bonchev–Trinajstić information content (AvgIpc) is 3.26. The van der Waals surface area contributed by atoms with Crippen LogP contribution in [0.3, 0.4) is 0 Å². The van der Waals surface area contributed by atoms with Crippen LogP contribution in [0.1, 0.15) is 41.9 Å². The normalized spacial score (nSPS) is 17.9. The Bertz CT molecular complexity index is 1280. The summed E-state index contributed by atoms with van der Waals surface area (Å²) in [4.78, 5) is 26.1. The quantitative estimate of drug-likeness (QED) is 0.377. The smallest absolute Gasteiger partial charge is 0.270 e. The number of carbonyl (C=O) groups is 2. The Morgan fingerprint density at radius 1 is 1.25 bits per heavy atom. The molecule has 2 N–H and O–H groups in total. The van der Waals surface area contributed by atoms with Crippen molar-refractivity contribution in [2.45, 2.75) is 44.6 Å². The van der Waals surface area contributed by atoms with Crippen molar-refractivity contribution in [3.05, 3.63) is 70.4 Å². The number of pyridine rings is 1. The second kappa shape index (κ2) is 10.2. The Balaban J connectivity index is 1.55. The Kier molecular flexibility index (Phi) is 7.26. The van der Waals surface area contributed by atoms with Gasteiger partial charge in [0, 0.05) is 44.8 Å². The lowest BCUT2D eigenvalue weighted by molar-refractivity contribution is -0.611. The first-order valence-corrected chi connectivity index (χ1v) is 11.9. The zero-order valence-electron chi connectivity index (χ0n) is 19.8. The molecule has 2 atom stereocenters. The lowest BCUT2D eigenvalue weighted by Gasteiger charge is -2.34. The number of rotatable bonds is 6. The van der Waals surface area contributed by atoms with Gasteiger partial charge in [-0.25, -0.2) is 8.78 Å². The fourth-order valence-electron chi connectivity index (χ4n) is 4.60. The van der Waals surface area contributed by atoms with Gasteiger partial charge < -0.3 is 15.8 Å². The van der Waals surface area contributed by atoms with Crippen LogP contribution >= 0.6 is 11.6 Å². The van der Waals surface area contributed by atoms with Crippen molar-refractivity contribution in [1.29, 1.82) is 0 Å². The molecule has 190 valence electrons. The molecule has 2 aromatic heterocycles. The number of anilines is 1. The summed E-state index contributed by atoms with van der Waals surface area (Å²) in [5, 5.41) is 21.7. The highest BCUT2D eigenvalue weighted by molar-refractivity contribution is 6.33. The van der Waals surface area contributed by atoms with Crippen molar-refractivity contribution in [3.8, 4) is 11.1 Å². The molecule has 0 aliphatic heterocycles. The SMILES string of the molecule is Cc1c(-c2ccc(NC(=O)[C@H](NC(=O)c3ccnn3C)C3CCCC(F)(F)C3)cc2)c(Cl)cc[n+]1[O-]. The molecule has 1 saturated carbocycles. The van der Waals surface area contributed by atoms with Gasteiger partial charge in [-0.15, -0.1) is 0 Å². The van der Waals surface area contributed by atoms with Gasteiger partial charge in [0.15, 0.2) is 11.9 Å². The van der Waals surface area contributed by atoms with Crippen LogP contribution in [-0.4, -0.2) is 33.6 Å². The monoisotopic (exact) mass is 517 g/mol. The van der Waals surface area contributed by atoms with Crippen molar-refractivity contribution in [2.75, 3.05) is 5.32 Å². The molecule has 8 nitrogen and oxygen atoms in total. The largest absolute Gasteiger partial charge is 0.618 e. The standard InChI is InChI=1S/C25H26ClF2N5O3/c1-15-21(19(26)10-13-33(15)36)16-5-7-18(8-6-16)30-24(35)22(17-4-3-11-25(27,28)14-17)31-23(34)20-9-12-29-32(20)2/h5-10,12-13,17,22H,3-4,11,14H2,1-2H3,(H,30,35)(H,31,34)/t17?,22-/m1/s1. The zero-order chi connectivity index (χ0) is 26.0. The third kappa shape index (κ3) is 5.48. The minimum Gasteiger partial charge on any atom is -0.618 e.